The van der Waals surface area contributed by atoms with Crippen LogP contribution >= 0.6 is 23.2 Å². The topological polar surface area (TPSA) is 72.3 Å². The molecule has 34 heavy (non-hydrogen) atoms. The van der Waals surface area contributed by atoms with Crippen LogP contribution in [0, 0.1) is 12.8 Å². The minimum atomic E-state index is -3.55. The van der Waals surface area contributed by atoms with Crippen LogP contribution in [-0.4, -0.2) is 41.4 Å². The van der Waals surface area contributed by atoms with Crippen LogP contribution in [0.1, 0.15) is 41.4 Å². The number of carbonyl (C=O) groups excluding carboxylic acids is 1. The maximum absolute atomic E-state index is 12.9. The molecule has 1 aromatic heterocycles. The van der Waals surface area contributed by atoms with E-state index in [1.165, 1.54) is 34.6 Å². The number of hydrogen-bond acceptors (Lipinski definition) is 4. The smallest absolute Gasteiger partial charge is 0.243 e. The molecule has 0 saturated carbocycles. The van der Waals surface area contributed by atoms with Gasteiger partial charge < -0.3 is 0 Å². The Hall–Kier alpha value is -2.45. The number of rotatable bonds is 6. The zero-order valence-electron chi connectivity index (χ0n) is 18.9. The predicted octanol–water partition coefficient (Wildman–Crippen LogP) is 5.80. The van der Waals surface area contributed by atoms with Gasteiger partial charge in [-0.1, -0.05) is 36.2 Å². The second kappa shape index (κ2) is 10.0. The molecule has 1 saturated heterocycles. The first-order valence-corrected chi connectivity index (χ1v) is 13.2. The average molecular weight is 518 g/mol. The number of ketones is 1. The van der Waals surface area contributed by atoms with Gasteiger partial charge in [-0.3, -0.25) is 4.79 Å². The lowest BCUT2D eigenvalue weighted by Gasteiger charge is -2.29. The zero-order valence-corrected chi connectivity index (χ0v) is 21.2. The molecule has 2 aromatic carbocycles. The Balaban J connectivity index is 1.51. The minimum Gasteiger partial charge on any atom is -0.289 e. The van der Waals surface area contributed by atoms with Gasteiger partial charge in [0, 0.05) is 29.2 Å². The van der Waals surface area contributed by atoms with E-state index >= 15 is 0 Å². The summed E-state index contributed by atoms with van der Waals surface area (Å²) in [5.41, 5.74) is 2.38. The third kappa shape index (κ3) is 5.13. The van der Waals surface area contributed by atoms with Gasteiger partial charge in [0.2, 0.25) is 10.0 Å². The van der Waals surface area contributed by atoms with Gasteiger partial charge in [0.05, 0.1) is 16.3 Å². The van der Waals surface area contributed by atoms with E-state index in [1.54, 1.807) is 35.9 Å². The standard InChI is InChI=1S/C25H25Cl2N3O3S/c1-17-12-14-29(15-13-17)34(32,33)22-8-6-19(7-9-22)24(31)11-10-23-18(2)28-30(25(23)27)21-5-3-4-20(26)16-21/h3-11,16-17H,12-15H2,1-2H3. The lowest BCUT2D eigenvalue weighted by molar-refractivity contribution is 0.104. The number of benzene rings is 2. The van der Waals surface area contributed by atoms with Crippen LogP contribution in [0.3, 0.4) is 0 Å². The van der Waals surface area contributed by atoms with E-state index < -0.39 is 10.0 Å². The molecule has 0 spiro atoms. The van der Waals surface area contributed by atoms with E-state index in [4.69, 9.17) is 23.2 Å². The molecule has 0 atom stereocenters. The molecule has 0 aliphatic carbocycles. The van der Waals surface area contributed by atoms with Gasteiger partial charge in [-0.15, -0.1) is 0 Å². The van der Waals surface area contributed by atoms with Crippen molar-refractivity contribution in [1.82, 2.24) is 14.1 Å². The Labute approximate surface area is 209 Å². The molecule has 4 rings (SSSR count). The normalized spacial score (nSPS) is 15.8. The van der Waals surface area contributed by atoms with Crippen molar-refractivity contribution in [2.75, 3.05) is 13.1 Å². The fourth-order valence-corrected chi connectivity index (χ4v) is 5.89. The number of allylic oxidation sites excluding steroid dienone is 1. The third-order valence-corrected chi connectivity index (χ3v) is 8.53. The summed E-state index contributed by atoms with van der Waals surface area (Å²) in [6, 6.07) is 13.2. The van der Waals surface area contributed by atoms with E-state index in [2.05, 4.69) is 12.0 Å². The highest BCUT2D eigenvalue weighted by molar-refractivity contribution is 7.89. The second-order valence-corrected chi connectivity index (χ2v) is 11.2. The molecule has 2 heterocycles. The van der Waals surface area contributed by atoms with E-state index in [0.29, 0.717) is 51.7 Å². The summed E-state index contributed by atoms with van der Waals surface area (Å²) >= 11 is 12.6. The van der Waals surface area contributed by atoms with Crippen LogP contribution in [0.15, 0.2) is 59.5 Å². The maximum Gasteiger partial charge on any atom is 0.243 e. The molecule has 178 valence electrons. The van der Waals surface area contributed by atoms with Crippen molar-refractivity contribution in [3.8, 4) is 5.69 Å². The maximum atomic E-state index is 12.9. The Morgan fingerprint density at radius 3 is 2.41 bits per heavy atom. The van der Waals surface area contributed by atoms with Crippen molar-refractivity contribution in [1.29, 1.82) is 0 Å². The van der Waals surface area contributed by atoms with Gasteiger partial charge in [-0.05, 0) is 80.3 Å². The van der Waals surface area contributed by atoms with E-state index in [1.807, 2.05) is 6.07 Å². The van der Waals surface area contributed by atoms with Crippen LogP contribution < -0.4 is 0 Å². The highest BCUT2D eigenvalue weighted by Crippen LogP contribution is 2.27. The Bertz CT molecular complexity index is 1340. The summed E-state index contributed by atoms with van der Waals surface area (Å²) in [5.74, 6) is 0.273. The van der Waals surface area contributed by atoms with Crippen molar-refractivity contribution < 1.29 is 13.2 Å². The number of nitrogens with zero attached hydrogens (tertiary/aromatic N) is 3. The van der Waals surface area contributed by atoms with Crippen LogP contribution in [0.25, 0.3) is 11.8 Å². The molecule has 0 radical (unpaired) electrons. The highest BCUT2D eigenvalue weighted by Gasteiger charge is 2.28. The number of aryl methyl sites for hydroxylation is 1. The summed E-state index contributed by atoms with van der Waals surface area (Å²) in [4.78, 5) is 12.9. The predicted molar refractivity (Wildman–Crippen MR) is 135 cm³/mol. The molecular weight excluding hydrogens is 493 g/mol. The second-order valence-electron chi connectivity index (χ2n) is 8.49. The molecule has 1 fully saturated rings. The monoisotopic (exact) mass is 517 g/mol. The summed E-state index contributed by atoms with van der Waals surface area (Å²) in [6.07, 6.45) is 4.74. The molecule has 0 bridgehead atoms. The van der Waals surface area contributed by atoms with Gasteiger partial charge in [0.1, 0.15) is 5.15 Å². The number of hydrogen-bond donors (Lipinski definition) is 0. The van der Waals surface area contributed by atoms with Gasteiger partial charge in [0.25, 0.3) is 0 Å². The fraction of sp³-hybridized carbons (Fsp3) is 0.280. The van der Waals surface area contributed by atoms with E-state index in [-0.39, 0.29) is 10.7 Å². The molecular formula is C25H25Cl2N3O3S. The van der Waals surface area contributed by atoms with Crippen LogP contribution in [0.5, 0.6) is 0 Å². The van der Waals surface area contributed by atoms with Crippen LogP contribution in [0.4, 0.5) is 0 Å². The Kier molecular flexibility index (Phi) is 7.28. The minimum absolute atomic E-state index is 0.198. The van der Waals surface area contributed by atoms with Crippen molar-refractivity contribution in [3.63, 3.8) is 0 Å². The summed E-state index contributed by atoms with van der Waals surface area (Å²) in [5, 5.41) is 5.38. The first-order chi connectivity index (χ1) is 16.2. The first kappa shape index (κ1) is 24.7. The lowest BCUT2D eigenvalue weighted by Crippen LogP contribution is -2.37. The molecule has 0 unspecified atom stereocenters. The van der Waals surface area contributed by atoms with E-state index in [9.17, 15) is 13.2 Å². The van der Waals surface area contributed by atoms with Crippen LogP contribution in [0.2, 0.25) is 10.2 Å². The van der Waals surface area contributed by atoms with Gasteiger partial charge in [-0.25, -0.2) is 13.1 Å². The number of sulfonamides is 1. The number of aromatic nitrogens is 2. The average Bonchev–Trinajstić information content (AvgIpc) is 3.11. The van der Waals surface area contributed by atoms with Crippen molar-refractivity contribution in [2.45, 2.75) is 31.6 Å². The quantitative estimate of drug-likeness (QED) is 0.305. The first-order valence-electron chi connectivity index (χ1n) is 11.0. The summed E-state index contributed by atoms with van der Waals surface area (Å²) < 4.78 is 28.9. The number of carbonyl (C=O) groups is 1. The van der Waals surface area contributed by atoms with Crippen molar-refractivity contribution >= 4 is 45.1 Å². The van der Waals surface area contributed by atoms with Crippen molar-refractivity contribution in [3.05, 3.63) is 81.6 Å². The largest absolute Gasteiger partial charge is 0.289 e. The zero-order chi connectivity index (χ0) is 24.5. The highest BCUT2D eigenvalue weighted by atomic mass is 35.5. The molecule has 0 N–H and O–H groups in total. The number of halogens is 2. The summed E-state index contributed by atoms with van der Waals surface area (Å²) in [6.45, 7) is 4.98. The van der Waals surface area contributed by atoms with Crippen LogP contribution in [-0.2, 0) is 10.0 Å². The van der Waals surface area contributed by atoms with E-state index in [0.717, 1.165) is 12.8 Å². The van der Waals surface area contributed by atoms with Gasteiger partial charge >= 0.3 is 0 Å². The lowest BCUT2D eigenvalue weighted by atomic mass is 10.0. The van der Waals surface area contributed by atoms with Gasteiger partial charge in [-0.2, -0.15) is 9.40 Å². The SMILES string of the molecule is Cc1nn(-c2cccc(Cl)c2)c(Cl)c1C=CC(=O)c1ccc(S(=O)(=O)N2CCC(C)CC2)cc1. The molecule has 9 heteroatoms. The number of piperidine rings is 1. The molecule has 0 amide bonds. The van der Waals surface area contributed by atoms with Crippen molar-refractivity contribution in [2.24, 2.45) is 5.92 Å². The molecule has 1 aliphatic rings. The summed E-state index contributed by atoms with van der Waals surface area (Å²) in [7, 11) is -3.55. The molecule has 3 aromatic rings. The third-order valence-electron chi connectivity index (χ3n) is 6.02. The van der Waals surface area contributed by atoms with Gasteiger partial charge in [0.15, 0.2) is 5.78 Å². The molecule has 1 aliphatic heterocycles. The molecule has 6 nitrogen and oxygen atoms in total. The Morgan fingerprint density at radius 2 is 1.76 bits per heavy atom. The fourth-order valence-electron chi connectivity index (χ4n) is 3.90. The Morgan fingerprint density at radius 1 is 1.09 bits per heavy atom.